The summed E-state index contributed by atoms with van der Waals surface area (Å²) in [5.74, 6) is -0.920. The van der Waals surface area contributed by atoms with E-state index in [0.29, 0.717) is 19.3 Å². The second-order valence-corrected chi connectivity index (χ2v) is 16.4. The van der Waals surface area contributed by atoms with Crippen LogP contribution in [0.2, 0.25) is 0 Å². The van der Waals surface area contributed by atoms with Crippen LogP contribution in [-0.2, 0) is 28.6 Å². The number of esters is 3. The molecule has 0 bridgehead atoms. The molecule has 0 heterocycles. The van der Waals surface area contributed by atoms with Gasteiger partial charge in [-0.15, -0.1) is 0 Å². The maximum absolute atomic E-state index is 12.8. The van der Waals surface area contributed by atoms with Gasteiger partial charge in [-0.1, -0.05) is 217 Å². The van der Waals surface area contributed by atoms with Gasteiger partial charge in [0.1, 0.15) is 13.2 Å². The van der Waals surface area contributed by atoms with E-state index in [1.807, 2.05) is 0 Å². The van der Waals surface area contributed by atoms with E-state index in [-0.39, 0.29) is 31.1 Å². The maximum atomic E-state index is 12.8. The summed E-state index contributed by atoms with van der Waals surface area (Å²) in [6, 6.07) is 0. The van der Waals surface area contributed by atoms with Gasteiger partial charge in [-0.25, -0.2) is 0 Å². The molecule has 0 saturated carbocycles. The van der Waals surface area contributed by atoms with Crippen molar-refractivity contribution >= 4 is 17.9 Å². The Morgan fingerprint density at radius 2 is 0.672 bits per heavy atom. The van der Waals surface area contributed by atoms with Gasteiger partial charge < -0.3 is 14.2 Å². The third-order valence-electron chi connectivity index (χ3n) is 10.6. The molecule has 0 aromatic carbocycles. The Morgan fingerprint density at radius 1 is 0.362 bits per heavy atom. The molecule has 336 valence electrons. The Bertz CT molecular complexity index is 1030. The molecule has 0 aliphatic heterocycles. The van der Waals surface area contributed by atoms with E-state index in [1.54, 1.807) is 0 Å². The topological polar surface area (TPSA) is 78.9 Å². The van der Waals surface area contributed by atoms with Crippen LogP contribution in [0.1, 0.15) is 245 Å². The SMILES string of the molecule is CC/C=C\C/C=C\C/C=C\C/C=C\CCCCC(=O)OC[C@H](COC(=O)CCCCCCCCCCCCCC)OC(=O)CCCCCCCCCCCCCCC. The zero-order valence-corrected chi connectivity index (χ0v) is 38.3. The predicted octanol–water partition coefficient (Wildman–Crippen LogP) is 15.9. The average Bonchev–Trinajstić information content (AvgIpc) is 3.22. The first-order valence-electron chi connectivity index (χ1n) is 24.6. The summed E-state index contributed by atoms with van der Waals surface area (Å²) >= 11 is 0. The lowest BCUT2D eigenvalue weighted by molar-refractivity contribution is -0.167. The van der Waals surface area contributed by atoms with E-state index < -0.39 is 6.10 Å². The Labute approximate surface area is 358 Å². The molecular weight excluding hydrogens is 721 g/mol. The lowest BCUT2D eigenvalue weighted by Gasteiger charge is -2.18. The Balaban J connectivity index is 4.42. The molecule has 0 amide bonds. The highest BCUT2D eigenvalue weighted by atomic mass is 16.6. The molecule has 0 fully saturated rings. The molecule has 0 saturated heterocycles. The number of unbranched alkanes of at least 4 members (excludes halogenated alkanes) is 25. The van der Waals surface area contributed by atoms with Crippen LogP contribution in [0.3, 0.4) is 0 Å². The number of carbonyl (C=O) groups is 3. The monoisotopic (exact) mass is 813 g/mol. The van der Waals surface area contributed by atoms with Crippen molar-refractivity contribution in [1.29, 1.82) is 0 Å². The van der Waals surface area contributed by atoms with Crippen molar-refractivity contribution in [2.75, 3.05) is 13.2 Å². The van der Waals surface area contributed by atoms with Crippen molar-refractivity contribution in [3.05, 3.63) is 48.6 Å². The van der Waals surface area contributed by atoms with Crippen LogP contribution in [0, 0.1) is 0 Å². The average molecular weight is 813 g/mol. The first-order chi connectivity index (χ1) is 28.5. The van der Waals surface area contributed by atoms with Gasteiger partial charge in [0, 0.05) is 19.3 Å². The van der Waals surface area contributed by atoms with Crippen LogP contribution < -0.4 is 0 Å². The summed E-state index contributed by atoms with van der Waals surface area (Å²) in [6.07, 6.45) is 55.2. The second kappa shape index (κ2) is 47.1. The Morgan fingerprint density at radius 3 is 1.05 bits per heavy atom. The number of ether oxygens (including phenoxy) is 3. The van der Waals surface area contributed by atoms with E-state index in [1.165, 1.54) is 122 Å². The molecule has 0 aliphatic rings. The van der Waals surface area contributed by atoms with Crippen LogP contribution >= 0.6 is 0 Å². The maximum Gasteiger partial charge on any atom is 0.306 e. The number of carbonyl (C=O) groups excluding carboxylic acids is 3. The molecule has 0 aliphatic carbocycles. The summed E-state index contributed by atoms with van der Waals surface area (Å²) in [6.45, 7) is 6.49. The minimum atomic E-state index is -0.784. The molecule has 0 unspecified atom stereocenters. The summed E-state index contributed by atoms with van der Waals surface area (Å²) in [5, 5.41) is 0. The van der Waals surface area contributed by atoms with Crippen molar-refractivity contribution < 1.29 is 28.6 Å². The quantitative estimate of drug-likeness (QED) is 0.0264. The third kappa shape index (κ3) is 44.5. The summed E-state index contributed by atoms with van der Waals surface area (Å²) in [4.78, 5) is 37.8. The Hall–Kier alpha value is -2.63. The molecule has 58 heavy (non-hydrogen) atoms. The first-order valence-corrected chi connectivity index (χ1v) is 24.6. The van der Waals surface area contributed by atoms with E-state index in [2.05, 4.69) is 69.4 Å². The molecule has 0 rings (SSSR count). The van der Waals surface area contributed by atoms with Gasteiger partial charge in [0.25, 0.3) is 0 Å². The van der Waals surface area contributed by atoms with E-state index >= 15 is 0 Å². The minimum absolute atomic E-state index is 0.0828. The molecule has 0 radical (unpaired) electrons. The highest BCUT2D eigenvalue weighted by Crippen LogP contribution is 2.15. The van der Waals surface area contributed by atoms with Crippen molar-refractivity contribution in [2.45, 2.75) is 252 Å². The van der Waals surface area contributed by atoms with Gasteiger partial charge in [0.05, 0.1) is 0 Å². The van der Waals surface area contributed by atoms with Crippen molar-refractivity contribution in [3.8, 4) is 0 Å². The molecule has 1 atom stereocenters. The van der Waals surface area contributed by atoms with E-state index in [9.17, 15) is 14.4 Å². The largest absolute Gasteiger partial charge is 0.462 e. The summed E-state index contributed by atoms with van der Waals surface area (Å²) < 4.78 is 16.7. The number of allylic oxidation sites excluding steroid dienone is 8. The second-order valence-electron chi connectivity index (χ2n) is 16.4. The van der Waals surface area contributed by atoms with Gasteiger partial charge in [-0.3, -0.25) is 14.4 Å². The predicted molar refractivity (Wildman–Crippen MR) is 247 cm³/mol. The minimum Gasteiger partial charge on any atom is -0.462 e. The lowest BCUT2D eigenvalue weighted by Crippen LogP contribution is -2.30. The van der Waals surface area contributed by atoms with Gasteiger partial charge >= 0.3 is 17.9 Å². The van der Waals surface area contributed by atoms with Crippen molar-refractivity contribution in [3.63, 3.8) is 0 Å². The van der Waals surface area contributed by atoms with Gasteiger partial charge in [-0.2, -0.15) is 0 Å². The fourth-order valence-corrected chi connectivity index (χ4v) is 6.90. The van der Waals surface area contributed by atoms with Gasteiger partial charge in [-0.05, 0) is 57.8 Å². The van der Waals surface area contributed by atoms with Gasteiger partial charge in [0.2, 0.25) is 0 Å². The number of hydrogen-bond donors (Lipinski definition) is 0. The fraction of sp³-hybridized carbons (Fsp3) is 0.788. The summed E-state index contributed by atoms with van der Waals surface area (Å²) in [5.41, 5.74) is 0. The normalized spacial score (nSPS) is 12.4. The molecule has 6 heteroatoms. The standard InChI is InChI=1S/C52H92O6/c1-4-7-10-13-16-19-22-25-26-28-30-33-36-39-42-45-51(54)57-48-49(47-56-50(53)44-41-38-35-32-29-24-21-18-15-12-9-6-3)58-52(55)46-43-40-37-34-31-27-23-20-17-14-11-8-5-2/h7,10,16,19,25-26,30,33,49H,4-6,8-9,11-15,17-18,20-24,27-29,31-32,34-48H2,1-3H3/b10-7-,19-16-,26-25-,33-30-/t49-/m0/s1. The smallest absolute Gasteiger partial charge is 0.306 e. The summed E-state index contributed by atoms with van der Waals surface area (Å²) in [7, 11) is 0. The zero-order valence-electron chi connectivity index (χ0n) is 38.3. The molecule has 0 N–H and O–H groups in total. The molecular formula is C52H92O6. The fourth-order valence-electron chi connectivity index (χ4n) is 6.90. The first kappa shape index (κ1) is 55.4. The molecule has 0 aromatic heterocycles. The van der Waals surface area contributed by atoms with E-state index in [4.69, 9.17) is 14.2 Å². The van der Waals surface area contributed by atoms with E-state index in [0.717, 1.165) is 83.5 Å². The zero-order chi connectivity index (χ0) is 42.3. The number of hydrogen-bond acceptors (Lipinski definition) is 6. The van der Waals surface area contributed by atoms with Crippen molar-refractivity contribution in [1.82, 2.24) is 0 Å². The van der Waals surface area contributed by atoms with Crippen LogP contribution in [0.25, 0.3) is 0 Å². The third-order valence-corrected chi connectivity index (χ3v) is 10.6. The Kier molecular flexibility index (Phi) is 44.9. The highest BCUT2D eigenvalue weighted by molar-refractivity contribution is 5.71. The van der Waals surface area contributed by atoms with Crippen molar-refractivity contribution in [2.24, 2.45) is 0 Å². The van der Waals surface area contributed by atoms with Crippen LogP contribution in [-0.4, -0.2) is 37.2 Å². The number of rotatable bonds is 44. The molecule has 0 aromatic rings. The van der Waals surface area contributed by atoms with Gasteiger partial charge in [0.15, 0.2) is 6.10 Å². The highest BCUT2D eigenvalue weighted by Gasteiger charge is 2.19. The lowest BCUT2D eigenvalue weighted by atomic mass is 10.0. The molecule has 6 nitrogen and oxygen atoms in total. The van der Waals surface area contributed by atoms with Crippen LogP contribution in [0.4, 0.5) is 0 Å². The molecule has 0 spiro atoms. The van der Waals surface area contributed by atoms with Crippen LogP contribution in [0.15, 0.2) is 48.6 Å². The van der Waals surface area contributed by atoms with Crippen LogP contribution in [0.5, 0.6) is 0 Å².